The molecule has 2 N–H and O–H groups in total. The monoisotopic (exact) mass is 448 g/mol. The van der Waals surface area contributed by atoms with E-state index in [0.717, 1.165) is 0 Å². The first-order valence-electron chi connectivity index (χ1n) is 9.73. The van der Waals surface area contributed by atoms with E-state index in [9.17, 15) is 30.4 Å². The van der Waals surface area contributed by atoms with E-state index in [1.54, 1.807) is 12.1 Å². The number of hydrogen-bond donors (Lipinski definition) is 2. The predicted molar refractivity (Wildman–Crippen MR) is 105 cm³/mol. The minimum Gasteiger partial charge on any atom is -0.394 e. The molecule has 2 aromatic rings. The average molecular weight is 448 g/mol. The molecule has 2 aromatic carbocycles. The number of aliphatic hydroxyl groups excluding tert-OH is 2. The van der Waals surface area contributed by atoms with Gasteiger partial charge >= 0.3 is 0 Å². The van der Waals surface area contributed by atoms with Gasteiger partial charge < -0.3 is 29.2 Å². The molecule has 170 valence electrons. The molecule has 4 rings (SSSR count). The molecule has 0 amide bonds. The Hall–Kier alpha value is -3.00. The summed E-state index contributed by atoms with van der Waals surface area (Å²) in [4.78, 5) is 21.0. The molecular weight excluding hydrogens is 428 g/mol. The Labute approximate surface area is 181 Å². The van der Waals surface area contributed by atoms with Crippen LogP contribution < -0.4 is 0 Å². The Morgan fingerprint density at radius 2 is 1.50 bits per heavy atom. The molecule has 0 aromatic heterocycles. The van der Waals surface area contributed by atoms with Crippen molar-refractivity contribution in [1.82, 2.24) is 0 Å². The van der Waals surface area contributed by atoms with E-state index in [0.29, 0.717) is 11.1 Å². The third-order valence-electron chi connectivity index (χ3n) is 5.26. The van der Waals surface area contributed by atoms with Crippen LogP contribution in [0.1, 0.15) is 23.7 Å². The molecule has 12 heteroatoms. The van der Waals surface area contributed by atoms with E-state index >= 15 is 0 Å². The third-order valence-corrected chi connectivity index (χ3v) is 5.26. The molecule has 0 bridgehead atoms. The Morgan fingerprint density at radius 1 is 0.906 bits per heavy atom. The van der Waals surface area contributed by atoms with Crippen LogP contribution in [0.4, 0.5) is 11.4 Å². The van der Waals surface area contributed by atoms with Gasteiger partial charge in [0.1, 0.15) is 24.4 Å². The summed E-state index contributed by atoms with van der Waals surface area (Å²) in [6.45, 7) is -0.511. The van der Waals surface area contributed by atoms with E-state index < -0.39 is 53.4 Å². The molecule has 2 saturated heterocycles. The van der Waals surface area contributed by atoms with Crippen molar-refractivity contribution in [3.63, 3.8) is 0 Å². The molecular formula is C20H20N2O10. The topological polar surface area (TPSA) is 164 Å². The molecule has 2 aliphatic heterocycles. The first-order chi connectivity index (χ1) is 15.4. The number of aliphatic hydroxyl groups is 2. The maximum absolute atomic E-state index is 11.1. The minimum atomic E-state index is -1.27. The summed E-state index contributed by atoms with van der Waals surface area (Å²) in [5.41, 5.74) is 0.483. The van der Waals surface area contributed by atoms with E-state index in [1.165, 1.54) is 36.4 Å². The molecule has 12 nitrogen and oxygen atoms in total. The zero-order valence-corrected chi connectivity index (χ0v) is 16.6. The maximum atomic E-state index is 11.1. The predicted octanol–water partition coefficient (Wildman–Crippen LogP) is 1.75. The molecule has 2 fully saturated rings. The molecule has 32 heavy (non-hydrogen) atoms. The molecule has 6 atom stereocenters. The Morgan fingerprint density at radius 3 is 2.06 bits per heavy atom. The molecule has 0 spiro atoms. The van der Waals surface area contributed by atoms with Crippen LogP contribution >= 0.6 is 0 Å². The van der Waals surface area contributed by atoms with Crippen LogP contribution in [0.5, 0.6) is 0 Å². The van der Waals surface area contributed by atoms with Crippen molar-refractivity contribution in [2.75, 3.05) is 13.2 Å². The van der Waals surface area contributed by atoms with Gasteiger partial charge in [-0.15, -0.1) is 0 Å². The van der Waals surface area contributed by atoms with E-state index in [4.69, 9.17) is 18.9 Å². The van der Waals surface area contributed by atoms with Gasteiger partial charge in [0.25, 0.3) is 11.4 Å². The van der Waals surface area contributed by atoms with Gasteiger partial charge in [0.15, 0.2) is 12.6 Å². The van der Waals surface area contributed by atoms with E-state index in [2.05, 4.69) is 0 Å². The number of nitro benzene ring substituents is 2. The lowest BCUT2D eigenvalue weighted by molar-refractivity contribution is -0.385. The maximum Gasteiger partial charge on any atom is 0.269 e. The van der Waals surface area contributed by atoms with Crippen LogP contribution in [0.3, 0.4) is 0 Å². The third kappa shape index (κ3) is 4.46. The number of nitrogens with zero attached hydrogens (tertiary/aromatic N) is 2. The highest BCUT2D eigenvalue weighted by Crippen LogP contribution is 2.37. The second-order valence-electron chi connectivity index (χ2n) is 7.32. The molecule has 2 unspecified atom stereocenters. The number of rotatable bonds is 6. The average Bonchev–Trinajstić information content (AvgIpc) is 3.29. The summed E-state index contributed by atoms with van der Waals surface area (Å²) < 4.78 is 22.9. The van der Waals surface area contributed by atoms with Crippen molar-refractivity contribution in [2.45, 2.75) is 37.0 Å². The molecule has 2 heterocycles. The summed E-state index contributed by atoms with van der Waals surface area (Å²) in [6, 6.07) is 11.4. The standard InChI is InChI=1S/C20H20N2O10/c23-9-15-17(24)18(32-20(30-15)12-4-2-6-14(8-12)22(27)28)16-10-29-19(31-16)11-3-1-5-13(7-11)21(25)26/h1-8,15-20,23-24H,9-10H2/t15-,16+,17-,18-,19?,20?/m1/s1. The molecule has 2 aliphatic rings. The van der Waals surface area contributed by atoms with Crippen molar-refractivity contribution in [3.8, 4) is 0 Å². The van der Waals surface area contributed by atoms with Crippen molar-refractivity contribution in [2.24, 2.45) is 0 Å². The number of non-ortho nitro benzene ring substituents is 2. The van der Waals surface area contributed by atoms with E-state index in [1.807, 2.05) is 0 Å². The number of ether oxygens (including phenoxy) is 4. The lowest BCUT2D eigenvalue weighted by Crippen LogP contribution is -2.54. The normalized spacial score (nSPS) is 30.2. The van der Waals surface area contributed by atoms with E-state index in [-0.39, 0.29) is 18.0 Å². The zero-order valence-electron chi connectivity index (χ0n) is 16.6. The van der Waals surface area contributed by atoms with Gasteiger partial charge in [0.05, 0.1) is 23.1 Å². The van der Waals surface area contributed by atoms with Crippen LogP contribution in [0, 0.1) is 20.2 Å². The summed E-state index contributed by atoms with van der Waals surface area (Å²) in [5, 5.41) is 42.4. The first-order valence-corrected chi connectivity index (χ1v) is 9.73. The Kier molecular flexibility index (Phi) is 6.41. The second kappa shape index (κ2) is 9.24. The highest BCUT2D eigenvalue weighted by Gasteiger charge is 2.46. The van der Waals surface area contributed by atoms with Gasteiger partial charge in [-0.1, -0.05) is 24.3 Å². The highest BCUT2D eigenvalue weighted by atomic mass is 16.8. The largest absolute Gasteiger partial charge is 0.394 e. The van der Waals surface area contributed by atoms with Crippen molar-refractivity contribution in [1.29, 1.82) is 0 Å². The Bertz CT molecular complexity index is 1000. The number of nitro groups is 2. The van der Waals surface area contributed by atoms with Gasteiger partial charge in [-0.25, -0.2) is 0 Å². The fourth-order valence-electron chi connectivity index (χ4n) is 3.66. The van der Waals surface area contributed by atoms with Crippen LogP contribution in [0.2, 0.25) is 0 Å². The second-order valence-corrected chi connectivity index (χ2v) is 7.32. The van der Waals surface area contributed by atoms with Crippen LogP contribution in [0.25, 0.3) is 0 Å². The minimum absolute atomic E-state index is 0.00882. The van der Waals surface area contributed by atoms with Gasteiger partial charge in [0, 0.05) is 35.4 Å². The summed E-state index contributed by atoms with van der Waals surface area (Å²) in [7, 11) is 0. The summed E-state index contributed by atoms with van der Waals surface area (Å²) >= 11 is 0. The van der Waals surface area contributed by atoms with Gasteiger partial charge in [-0.2, -0.15) is 0 Å². The highest BCUT2D eigenvalue weighted by molar-refractivity contribution is 5.36. The van der Waals surface area contributed by atoms with Crippen LogP contribution in [-0.4, -0.2) is 57.7 Å². The molecule has 0 saturated carbocycles. The smallest absolute Gasteiger partial charge is 0.269 e. The molecule has 0 aliphatic carbocycles. The summed E-state index contributed by atoms with van der Waals surface area (Å²) in [6.07, 6.45) is -6.09. The SMILES string of the molecule is O=[N+]([O-])c1cccc(C2OC[C@@H]([C@H]3OC(c4cccc([N+](=O)[O-])c4)O[C@H](CO)[C@H]3O)O2)c1. The number of hydrogen-bond acceptors (Lipinski definition) is 10. The zero-order chi connectivity index (χ0) is 22.8. The van der Waals surface area contributed by atoms with Gasteiger partial charge in [-0.3, -0.25) is 20.2 Å². The van der Waals surface area contributed by atoms with Crippen molar-refractivity contribution < 1.29 is 39.0 Å². The van der Waals surface area contributed by atoms with Crippen LogP contribution in [0.15, 0.2) is 48.5 Å². The summed E-state index contributed by atoms with van der Waals surface area (Å²) in [5.74, 6) is 0. The first kappa shape index (κ1) is 22.2. The van der Waals surface area contributed by atoms with Crippen molar-refractivity contribution in [3.05, 3.63) is 79.9 Å². The molecule has 0 radical (unpaired) electrons. The fourth-order valence-corrected chi connectivity index (χ4v) is 3.66. The fraction of sp³-hybridized carbons (Fsp3) is 0.400. The van der Waals surface area contributed by atoms with Crippen LogP contribution in [-0.2, 0) is 18.9 Å². The lowest BCUT2D eigenvalue weighted by atomic mass is 10.0. The van der Waals surface area contributed by atoms with Gasteiger partial charge in [0.2, 0.25) is 0 Å². The number of benzene rings is 2. The quantitative estimate of drug-likeness (QED) is 0.491. The van der Waals surface area contributed by atoms with Crippen molar-refractivity contribution >= 4 is 11.4 Å². The lowest BCUT2D eigenvalue weighted by Gasteiger charge is -2.40. The Balaban J connectivity index is 1.53. The van der Waals surface area contributed by atoms with Gasteiger partial charge in [-0.05, 0) is 0 Å².